The molecular formula is C48H30N4. The van der Waals surface area contributed by atoms with E-state index in [0.717, 1.165) is 61.5 Å². The summed E-state index contributed by atoms with van der Waals surface area (Å²) in [6.07, 6.45) is 0. The fourth-order valence-electron chi connectivity index (χ4n) is 8.06. The normalized spacial score (nSPS) is 11.8. The molecule has 0 aliphatic carbocycles. The van der Waals surface area contributed by atoms with Crippen molar-refractivity contribution < 1.29 is 0 Å². The molecule has 242 valence electrons. The maximum absolute atomic E-state index is 5.56. The zero-order chi connectivity index (χ0) is 34.2. The lowest BCUT2D eigenvalue weighted by molar-refractivity contribution is 1.08. The monoisotopic (exact) mass is 662 g/mol. The number of fused-ring (bicyclic) bond motifs is 8. The summed E-state index contributed by atoms with van der Waals surface area (Å²) in [5.41, 5.74) is 11.5. The van der Waals surface area contributed by atoms with Gasteiger partial charge < -0.3 is 4.57 Å². The second-order valence-electron chi connectivity index (χ2n) is 13.5. The number of para-hydroxylation sites is 3. The Morgan fingerprint density at radius 2 is 0.923 bits per heavy atom. The van der Waals surface area contributed by atoms with Gasteiger partial charge in [-0.05, 0) is 76.5 Å². The van der Waals surface area contributed by atoms with E-state index < -0.39 is 0 Å². The molecule has 0 aliphatic heterocycles. The van der Waals surface area contributed by atoms with Crippen molar-refractivity contribution >= 4 is 65.4 Å². The molecule has 0 radical (unpaired) electrons. The van der Waals surface area contributed by atoms with Gasteiger partial charge in [0.1, 0.15) is 5.69 Å². The van der Waals surface area contributed by atoms with Crippen molar-refractivity contribution in [3.8, 4) is 33.9 Å². The van der Waals surface area contributed by atoms with Crippen LogP contribution in [0, 0.1) is 0 Å². The van der Waals surface area contributed by atoms with E-state index in [2.05, 4.69) is 191 Å². The lowest BCUT2D eigenvalue weighted by atomic mass is 10.0. The minimum atomic E-state index is 0.806. The average molecular weight is 663 g/mol. The van der Waals surface area contributed by atoms with Crippen molar-refractivity contribution in [3.05, 3.63) is 182 Å². The maximum Gasteiger partial charge on any atom is 0.165 e. The van der Waals surface area contributed by atoms with Crippen LogP contribution in [-0.2, 0) is 0 Å². The second kappa shape index (κ2) is 11.2. The summed E-state index contributed by atoms with van der Waals surface area (Å²) in [7, 11) is 0. The van der Waals surface area contributed by atoms with Crippen LogP contribution in [0.3, 0.4) is 0 Å². The molecule has 8 aromatic carbocycles. The lowest BCUT2D eigenvalue weighted by Crippen LogP contribution is -2.04. The largest absolute Gasteiger partial charge is 0.309 e. The first kappa shape index (κ1) is 28.8. The van der Waals surface area contributed by atoms with E-state index in [0.29, 0.717) is 0 Å². The van der Waals surface area contributed by atoms with Crippen LogP contribution < -0.4 is 0 Å². The first-order valence-corrected chi connectivity index (χ1v) is 17.7. The standard InChI is InChI=1S/C48H30N4/c1-3-13-31(14-4-1)34-24-26-41-42(28-34)50-48(52-44-22-12-10-20-38(44)40-27-32-15-7-8-16-33(32)29-46(40)52)47(49-41)35-23-25-39-37-19-9-11-21-43(37)51(45(39)30-35)36-17-5-2-6-18-36/h1-30H. The third-order valence-corrected chi connectivity index (χ3v) is 10.5. The minimum Gasteiger partial charge on any atom is -0.309 e. The highest BCUT2D eigenvalue weighted by atomic mass is 15.1. The molecule has 3 heterocycles. The van der Waals surface area contributed by atoms with Crippen LogP contribution in [0.4, 0.5) is 0 Å². The summed E-state index contributed by atoms with van der Waals surface area (Å²) in [6, 6.07) is 64.8. The fourth-order valence-corrected chi connectivity index (χ4v) is 8.06. The Bertz CT molecular complexity index is 3170. The quantitative estimate of drug-likeness (QED) is 0.188. The van der Waals surface area contributed by atoms with Crippen LogP contribution >= 0.6 is 0 Å². The van der Waals surface area contributed by atoms with E-state index >= 15 is 0 Å². The van der Waals surface area contributed by atoms with Gasteiger partial charge >= 0.3 is 0 Å². The summed E-state index contributed by atoms with van der Waals surface area (Å²) >= 11 is 0. The number of nitrogens with zero attached hydrogens (tertiary/aromatic N) is 4. The van der Waals surface area contributed by atoms with E-state index in [4.69, 9.17) is 9.97 Å². The van der Waals surface area contributed by atoms with Crippen LogP contribution in [0.15, 0.2) is 182 Å². The van der Waals surface area contributed by atoms with Crippen molar-refractivity contribution in [1.82, 2.24) is 19.1 Å². The number of hydrogen-bond acceptors (Lipinski definition) is 2. The Balaban J connectivity index is 1.25. The molecule has 0 unspecified atom stereocenters. The Kier molecular flexibility index (Phi) is 6.22. The molecule has 0 saturated carbocycles. The summed E-state index contributed by atoms with van der Waals surface area (Å²) in [5.74, 6) is 0.806. The van der Waals surface area contributed by atoms with Gasteiger partial charge in [0.15, 0.2) is 5.82 Å². The molecule has 0 spiro atoms. The molecule has 4 heteroatoms. The highest BCUT2D eigenvalue weighted by Gasteiger charge is 2.21. The van der Waals surface area contributed by atoms with Gasteiger partial charge in [-0.15, -0.1) is 0 Å². The Morgan fingerprint density at radius 3 is 1.71 bits per heavy atom. The molecule has 0 N–H and O–H groups in total. The average Bonchev–Trinajstić information content (AvgIpc) is 3.71. The topological polar surface area (TPSA) is 35.6 Å². The predicted octanol–water partition coefficient (Wildman–Crippen LogP) is 12.3. The van der Waals surface area contributed by atoms with E-state index in [1.54, 1.807) is 0 Å². The summed E-state index contributed by atoms with van der Waals surface area (Å²) in [4.78, 5) is 11.0. The Hall–Kier alpha value is -7.04. The molecule has 11 rings (SSSR count). The Labute approximate surface area is 299 Å². The van der Waals surface area contributed by atoms with Crippen LogP contribution in [0.5, 0.6) is 0 Å². The number of hydrogen-bond donors (Lipinski definition) is 0. The van der Waals surface area contributed by atoms with E-state index in [1.165, 1.54) is 37.8 Å². The molecule has 0 atom stereocenters. The molecule has 3 aromatic heterocycles. The van der Waals surface area contributed by atoms with Crippen LogP contribution in [0.25, 0.3) is 99.3 Å². The third-order valence-electron chi connectivity index (χ3n) is 10.5. The predicted molar refractivity (Wildman–Crippen MR) is 217 cm³/mol. The maximum atomic E-state index is 5.56. The van der Waals surface area contributed by atoms with Gasteiger partial charge in [0.2, 0.25) is 0 Å². The van der Waals surface area contributed by atoms with Crippen LogP contribution in [0.1, 0.15) is 0 Å². The zero-order valence-corrected chi connectivity index (χ0v) is 28.1. The van der Waals surface area contributed by atoms with Crippen LogP contribution in [0.2, 0.25) is 0 Å². The highest BCUT2D eigenvalue weighted by Crippen LogP contribution is 2.40. The summed E-state index contributed by atoms with van der Waals surface area (Å²) in [6.45, 7) is 0. The van der Waals surface area contributed by atoms with Gasteiger partial charge in [0, 0.05) is 32.8 Å². The van der Waals surface area contributed by atoms with Crippen LogP contribution in [-0.4, -0.2) is 19.1 Å². The summed E-state index contributed by atoms with van der Waals surface area (Å²) < 4.78 is 4.69. The minimum absolute atomic E-state index is 0.806. The van der Waals surface area contributed by atoms with Crippen molar-refractivity contribution in [2.24, 2.45) is 0 Å². The van der Waals surface area contributed by atoms with E-state index in [9.17, 15) is 0 Å². The van der Waals surface area contributed by atoms with Crippen molar-refractivity contribution in [1.29, 1.82) is 0 Å². The molecule has 0 saturated heterocycles. The summed E-state index contributed by atoms with van der Waals surface area (Å²) in [5, 5.41) is 7.22. The highest BCUT2D eigenvalue weighted by molar-refractivity contribution is 6.14. The number of benzene rings is 8. The smallest absolute Gasteiger partial charge is 0.165 e. The molecule has 0 bridgehead atoms. The molecule has 4 nitrogen and oxygen atoms in total. The third kappa shape index (κ3) is 4.34. The van der Waals surface area contributed by atoms with Gasteiger partial charge in [-0.25, -0.2) is 9.97 Å². The first-order chi connectivity index (χ1) is 25.8. The van der Waals surface area contributed by atoms with Gasteiger partial charge in [0.25, 0.3) is 0 Å². The lowest BCUT2D eigenvalue weighted by Gasteiger charge is -2.15. The molecule has 0 aliphatic rings. The van der Waals surface area contributed by atoms with Gasteiger partial charge in [-0.1, -0.05) is 127 Å². The second-order valence-corrected chi connectivity index (χ2v) is 13.5. The van der Waals surface area contributed by atoms with Crippen molar-refractivity contribution in [2.75, 3.05) is 0 Å². The zero-order valence-electron chi connectivity index (χ0n) is 28.1. The first-order valence-electron chi connectivity index (χ1n) is 17.7. The molecule has 0 fully saturated rings. The van der Waals surface area contributed by atoms with Crippen molar-refractivity contribution in [2.45, 2.75) is 0 Å². The van der Waals surface area contributed by atoms with E-state index in [-0.39, 0.29) is 0 Å². The number of aromatic nitrogens is 4. The number of rotatable bonds is 4. The Morgan fingerprint density at radius 1 is 0.327 bits per heavy atom. The van der Waals surface area contributed by atoms with Gasteiger partial charge in [-0.2, -0.15) is 0 Å². The molecule has 0 amide bonds. The van der Waals surface area contributed by atoms with Crippen molar-refractivity contribution in [3.63, 3.8) is 0 Å². The molecule has 52 heavy (non-hydrogen) atoms. The molecule has 11 aromatic rings. The molecular weight excluding hydrogens is 633 g/mol. The van der Waals surface area contributed by atoms with Gasteiger partial charge in [0.05, 0.1) is 33.1 Å². The fraction of sp³-hybridized carbons (Fsp3) is 0. The SMILES string of the molecule is c1ccc(-c2ccc3nc(-c4ccc5c6ccccc6n(-c6ccccc6)c5c4)c(-n4c5ccccc5c5cc6ccccc6cc54)nc3c2)cc1. The van der Waals surface area contributed by atoms with E-state index in [1.807, 2.05) is 0 Å². The van der Waals surface area contributed by atoms with Gasteiger partial charge in [-0.3, -0.25) is 4.57 Å².